The van der Waals surface area contributed by atoms with Crippen LogP contribution in [0.1, 0.15) is 12.5 Å². The third-order valence-corrected chi connectivity index (χ3v) is 3.39. The molecule has 5 heteroatoms. The van der Waals surface area contributed by atoms with Crippen LogP contribution in [0.5, 0.6) is 0 Å². The molecule has 1 aromatic rings. The Bertz CT molecular complexity index is 396. The number of halogens is 1. The van der Waals surface area contributed by atoms with Gasteiger partial charge in [-0.3, -0.25) is 0 Å². The molecule has 0 aliphatic carbocycles. The van der Waals surface area contributed by atoms with E-state index < -0.39 is 0 Å². The van der Waals surface area contributed by atoms with Gasteiger partial charge in [-0.05, 0) is 20.0 Å². The van der Waals surface area contributed by atoms with Crippen LogP contribution in [0.15, 0.2) is 12.3 Å². The topological polar surface area (TPSA) is 45.4 Å². The Morgan fingerprint density at radius 1 is 1.53 bits per heavy atom. The molecule has 17 heavy (non-hydrogen) atoms. The highest BCUT2D eigenvalue weighted by molar-refractivity contribution is 5.47. The van der Waals surface area contributed by atoms with Crippen molar-refractivity contribution in [3.05, 3.63) is 23.6 Å². The number of piperazine rings is 1. The molecule has 1 aliphatic rings. The summed E-state index contributed by atoms with van der Waals surface area (Å²) < 4.78 is 13.1. The van der Waals surface area contributed by atoms with Crippen LogP contribution in [0, 0.1) is 5.82 Å². The Labute approximate surface area is 101 Å². The van der Waals surface area contributed by atoms with Crippen molar-refractivity contribution < 1.29 is 4.39 Å². The van der Waals surface area contributed by atoms with Crippen LogP contribution < -0.4 is 10.6 Å². The first-order valence-electron chi connectivity index (χ1n) is 5.91. The highest BCUT2D eigenvalue weighted by atomic mass is 19.1. The summed E-state index contributed by atoms with van der Waals surface area (Å²) >= 11 is 0. The van der Waals surface area contributed by atoms with E-state index in [2.05, 4.69) is 28.8 Å². The van der Waals surface area contributed by atoms with E-state index in [1.165, 1.54) is 12.3 Å². The highest BCUT2D eigenvalue weighted by Crippen LogP contribution is 2.21. The van der Waals surface area contributed by atoms with Crippen LogP contribution in [0.3, 0.4) is 0 Å². The smallest absolute Gasteiger partial charge is 0.141 e. The molecular weight excluding hydrogens is 219 g/mol. The third-order valence-electron chi connectivity index (χ3n) is 3.39. The van der Waals surface area contributed by atoms with Crippen molar-refractivity contribution in [2.24, 2.45) is 5.73 Å². The Morgan fingerprint density at radius 2 is 2.29 bits per heavy atom. The molecule has 1 unspecified atom stereocenters. The maximum Gasteiger partial charge on any atom is 0.141 e. The third kappa shape index (κ3) is 2.56. The average molecular weight is 238 g/mol. The SMILES string of the molecule is CC1CN(c2ncc(F)cc2CN)CCN1C. The van der Waals surface area contributed by atoms with Gasteiger partial charge in [0, 0.05) is 37.8 Å². The number of hydrogen-bond donors (Lipinski definition) is 1. The zero-order valence-corrected chi connectivity index (χ0v) is 10.4. The summed E-state index contributed by atoms with van der Waals surface area (Å²) in [5.41, 5.74) is 6.42. The number of nitrogens with zero attached hydrogens (tertiary/aromatic N) is 3. The molecular formula is C12H19FN4. The van der Waals surface area contributed by atoms with Crippen molar-refractivity contribution in [1.29, 1.82) is 0 Å². The normalized spacial score (nSPS) is 21.9. The van der Waals surface area contributed by atoms with E-state index in [1.54, 1.807) is 0 Å². The standard InChI is InChI=1S/C12H19FN4/c1-9-8-17(4-3-16(9)2)12-10(6-14)5-11(13)7-15-12/h5,7,9H,3-4,6,8,14H2,1-2H3. The Hall–Kier alpha value is -1.20. The minimum absolute atomic E-state index is 0.320. The van der Waals surface area contributed by atoms with E-state index in [0.717, 1.165) is 31.0 Å². The van der Waals surface area contributed by atoms with E-state index in [9.17, 15) is 4.39 Å². The van der Waals surface area contributed by atoms with Crippen molar-refractivity contribution in [2.75, 3.05) is 31.6 Å². The molecule has 1 aliphatic heterocycles. The Kier molecular flexibility index (Phi) is 3.59. The minimum Gasteiger partial charge on any atom is -0.354 e. The lowest BCUT2D eigenvalue weighted by atomic mass is 10.1. The van der Waals surface area contributed by atoms with Gasteiger partial charge in [0.15, 0.2) is 0 Å². The molecule has 0 saturated carbocycles. The van der Waals surface area contributed by atoms with Crippen LogP contribution in [-0.2, 0) is 6.54 Å². The van der Waals surface area contributed by atoms with E-state index in [-0.39, 0.29) is 5.82 Å². The fourth-order valence-electron chi connectivity index (χ4n) is 2.15. The average Bonchev–Trinajstić information content (AvgIpc) is 2.32. The molecule has 2 N–H and O–H groups in total. The minimum atomic E-state index is -0.323. The van der Waals surface area contributed by atoms with Crippen LogP contribution in [0.2, 0.25) is 0 Å². The number of anilines is 1. The molecule has 0 amide bonds. The number of nitrogens with two attached hydrogens (primary N) is 1. The van der Waals surface area contributed by atoms with Crippen molar-refractivity contribution in [1.82, 2.24) is 9.88 Å². The first kappa shape index (κ1) is 12.3. The van der Waals surface area contributed by atoms with Crippen molar-refractivity contribution in [3.8, 4) is 0 Å². The van der Waals surface area contributed by atoms with Crippen molar-refractivity contribution in [3.63, 3.8) is 0 Å². The monoisotopic (exact) mass is 238 g/mol. The zero-order valence-electron chi connectivity index (χ0n) is 10.4. The Balaban J connectivity index is 2.22. The van der Waals surface area contributed by atoms with Gasteiger partial charge in [-0.25, -0.2) is 9.37 Å². The number of aromatic nitrogens is 1. The molecule has 0 spiro atoms. The van der Waals surface area contributed by atoms with Crippen LogP contribution in [0.25, 0.3) is 0 Å². The van der Waals surface area contributed by atoms with E-state index in [4.69, 9.17) is 5.73 Å². The van der Waals surface area contributed by atoms with Gasteiger partial charge in [0.05, 0.1) is 6.20 Å². The first-order chi connectivity index (χ1) is 8.11. The molecule has 1 aromatic heterocycles. The maximum absolute atomic E-state index is 13.1. The molecule has 0 bridgehead atoms. The van der Waals surface area contributed by atoms with Gasteiger partial charge < -0.3 is 15.5 Å². The van der Waals surface area contributed by atoms with Gasteiger partial charge in [-0.1, -0.05) is 0 Å². The predicted molar refractivity (Wildman–Crippen MR) is 66.4 cm³/mol. The van der Waals surface area contributed by atoms with E-state index in [0.29, 0.717) is 12.6 Å². The lowest BCUT2D eigenvalue weighted by Crippen LogP contribution is -2.50. The maximum atomic E-state index is 13.1. The number of pyridine rings is 1. The van der Waals surface area contributed by atoms with E-state index >= 15 is 0 Å². The number of rotatable bonds is 2. The van der Waals surface area contributed by atoms with Crippen LogP contribution >= 0.6 is 0 Å². The molecule has 0 aromatic carbocycles. The lowest BCUT2D eigenvalue weighted by molar-refractivity contribution is 0.233. The summed E-state index contributed by atoms with van der Waals surface area (Å²) in [5.74, 6) is 0.505. The van der Waals surface area contributed by atoms with Crippen LogP contribution in [0.4, 0.5) is 10.2 Å². The molecule has 1 fully saturated rings. The predicted octanol–water partition coefficient (Wildman–Crippen LogP) is 0.820. The van der Waals surface area contributed by atoms with Crippen molar-refractivity contribution >= 4 is 5.82 Å². The highest BCUT2D eigenvalue weighted by Gasteiger charge is 2.23. The fourth-order valence-corrected chi connectivity index (χ4v) is 2.15. The second kappa shape index (κ2) is 4.98. The summed E-state index contributed by atoms with van der Waals surface area (Å²) in [6.07, 6.45) is 1.26. The second-order valence-electron chi connectivity index (χ2n) is 4.62. The molecule has 1 atom stereocenters. The van der Waals surface area contributed by atoms with Crippen molar-refractivity contribution in [2.45, 2.75) is 19.5 Å². The molecule has 94 valence electrons. The summed E-state index contributed by atoms with van der Waals surface area (Å²) in [7, 11) is 2.12. The second-order valence-corrected chi connectivity index (χ2v) is 4.62. The summed E-state index contributed by atoms with van der Waals surface area (Å²) in [4.78, 5) is 8.68. The van der Waals surface area contributed by atoms with E-state index in [1.807, 2.05) is 0 Å². The number of likely N-dealkylation sites (N-methyl/N-ethyl adjacent to an activating group) is 1. The summed E-state index contributed by atoms with van der Waals surface area (Å²) in [6, 6.07) is 1.95. The lowest BCUT2D eigenvalue weighted by Gasteiger charge is -2.39. The van der Waals surface area contributed by atoms with Gasteiger partial charge in [-0.2, -0.15) is 0 Å². The number of hydrogen-bond acceptors (Lipinski definition) is 4. The quantitative estimate of drug-likeness (QED) is 0.828. The first-order valence-corrected chi connectivity index (χ1v) is 5.91. The molecule has 4 nitrogen and oxygen atoms in total. The van der Waals surface area contributed by atoms with Gasteiger partial charge in [0.25, 0.3) is 0 Å². The molecule has 1 saturated heterocycles. The van der Waals surface area contributed by atoms with Gasteiger partial charge in [-0.15, -0.1) is 0 Å². The summed E-state index contributed by atoms with van der Waals surface area (Å²) in [6.45, 7) is 5.30. The summed E-state index contributed by atoms with van der Waals surface area (Å²) in [5, 5.41) is 0. The van der Waals surface area contributed by atoms with Gasteiger partial charge in [0.2, 0.25) is 0 Å². The fraction of sp³-hybridized carbons (Fsp3) is 0.583. The Morgan fingerprint density at radius 3 is 2.94 bits per heavy atom. The molecule has 2 heterocycles. The molecule has 0 radical (unpaired) electrons. The largest absolute Gasteiger partial charge is 0.354 e. The van der Waals surface area contributed by atoms with Gasteiger partial charge in [0.1, 0.15) is 11.6 Å². The van der Waals surface area contributed by atoms with Crippen LogP contribution in [-0.4, -0.2) is 42.6 Å². The zero-order chi connectivity index (χ0) is 12.4. The molecule has 2 rings (SSSR count). The van der Waals surface area contributed by atoms with Gasteiger partial charge >= 0.3 is 0 Å².